The first kappa shape index (κ1) is 13.6. The average Bonchev–Trinajstić information content (AvgIpc) is 2.28. The number of hydrogen-bond donors (Lipinski definition) is 1. The van der Waals surface area contributed by atoms with Gasteiger partial charge in [0.15, 0.2) is 0 Å². The lowest BCUT2D eigenvalue weighted by Gasteiger charge is -2.26. The molecular weight excluding hydrogens is 221 g/mol. The van der Waals surface area contributed by atoms with E-state index >= 15 is 0 Å². The molecule has 0 fully saturated rings. The van der Waals surface area contributed by atoms with E-state index in [0.29, 0.717) is 6.54 Å². The Balaban J connectivity index is 2.66. The number of hydrogen-bond acceptors (Lipinski definition) is 2. The molecule has 0 aliphatic heterocycles. The minimum atomic E-state index is -0.803. The van der Waals surface area contributed by atoms with Crippen molar-refractivity contribution < 1.29 is 14.3 Å². The second-order valence-electron chi connectivity index (χ2n) is 4.41. The van der Waals surface area contributed by atoms with Crippen molar-refractivity contribution in [2.45, 2.75) is 19.9 Å². The molecule has 1 rings (SSSR count). The largest absolute Gasteiger partial charge is 0.481 e. The highest BCUT2D eigenvalue weighted by atomic mass is 19.1. The molecule has 1 N–H and O–H groups in total. The number of benzene rings is 1. The van der Waals surface area contributed by atoms with Crippen LogP contribution in [0.15, 0.2) is 24.3 Å². The summed E-state index contributed by atoms with van der Waals surface area (Å²) in [6.07, 6.45) is 0. The minimum absolute atomic E-state index is 0.0670. The lowest BCUT2D eigenvalue weighted by molar-refractivity contribution is -0.141. The van der Waals surface area contributed by atoms with Crippen LogP contribution in [0.5, 0.6) is 0 Å². The summed E-state index contributed by atoms with van der Waals surface area (Å²) in [5, 5.41) is 8.84. The first-order valence-corrected chi connectivity index (χ1v) is 5.60. The predicted octanol–water partition coefficient (Wildman–Crippen LogP) is 2.54. The van der Waals surface area contributed by atoms with E-state index in [1.807, 2.05) is 18.9 Å². The van der Waals surface area contributed by atoms with E-state index in [1.54, 1.807) is 19.1 Å². The van der Waals surface area contributed by atoms with Crippen LogP contribution in [0.4, 0.5) is 4.39 Å². The molecule has 4 heteroatoms. The van der Waals surface area contributed by atoms with Gasteiger partial charge in [-0.2, -0.15) is 0 Å². The molecule has 1 aromatic carbocycles. The van der Waals surface area contributed by atoms with Crippen molar-refractivity contribution in [2.75, 3.05) is 13.6 Å². The van der Waals surface area contributed by atoms with Crippen molar-refractivity contribution in [1.29, 1.82) is 0 Å². The first-order chi connectivity index (χ1) is 7.91. The Morgan fingerprint density at radius 3 is 2.35 bits per heavy atom. The van der Waals surface area contributed by atoms with Gasteiger partial charge in [0, 0.05) is 12.6 Å². The zero-order chi connectivity index (χ0) is 13.0. The number of halogens is 1. The molecule has 0 spiro atoms. The van der Waals surface area contributed by atoms with Gasteiger partial charge < -0.3 is 5.11 Å². The Labute approximate surface area is 101 Å². The quantitative estimate of drug-likeness (QED) is 0.858. The summed E-state index contributed by atoms with van der Waals surface area (Å²) in [6, 6.07) is 6.35. The number of aliphatic carboxylic acids is 1. The predicted molar refractivity (Wildman–Crippen MR) is 64.2 cm³/mol. The summed E-state index contributed by atoms with van der Waals surface area (Å²) < 4.78 is 12.8. The third-order valence-corrected chi connectivity index (χ3v) is 3.00. The molecule has 2 unspecified atom stereocenters. The lowest BCUT2D eigenvalue weighted by Crippen LogP contribution is -2.30. The molecule has 2 atom stereocenters. The summed E-state index contributed by atoms with van der Waals surface area (Å²) >= 11 is 0. The van der Waals surface area contributed by atoms with Gasteiger partial charge in [-0.05, 0) is 31.7 Å². The van der Waals surface area contributed by atoms with Crippen LogP contribution in [0, 0.1) is 11.7 Å². The van der Waals surface area contributed by atoms with Crippen molar-refractivity contribution in [1.82, 2.24) is 4.90 Å². The third kappa shape index (κ3) is 3.82. The molecule has 3 nitrogen and oxygen atoms in total. The molecule has 0 aromatic heterocycles. The topological polar surface area (TPSA) is 40.5 Å². The molecular formula is C13H18FNO2. The Hall–Kier alpha value is -1.42. The van der Waals surface area contributed by atoms with Crippen molar-refractivity contribution in [2.24, 2.45) is 5.92 Å². The van der Waals surface area contributed by atoms with Gasteiger partial charge in [-0.1, -0.05) is 19.1 Å². The smallest absolute Gasteiger partial charge is 0.307 e. The number of rotatable bonds is 5. The fraction of sp³-hybridized carbons (Fsp3) is 0.462. The molecule has 1 aromatic rings. The average molecular weight is 239 g/mol. The molecule has 0 bridgehead atoms. The molecule has 94 valence electrons. The molecule has 0 aliphatic rings. The van der Waals surface area contributed by atoms with Crippen molar-refractivity contribution >= 4 is 5.97 Å². The maximum absolute atomic E-state index is 12.8. The summed E-state index contributed by atoms with van der Waals surface area (Å²) in [6.45, 7) is 4.12. The van der Waals surface area contributed by atoms with E-state index in [4.69, 9.17) is 5.11 Å². The number of carboxylic acid groups (broad SMARTS) is 1. The van der Waals surface area contributed by atoms with E-state index in [2.05, 4.69) is 0 Å². The SMILES string of the molecule is CC(CN(C)C(C)c1ccc(F)cc1)C(=O)O. The standard InChI is InChI=1S/C13H18FNO2/c1-9(13(16)17)8-15(3)10(2)11-4-6-12(14)7-5-11/h4-7,9-10H,8H2,1-3H3,(H,16,17). The molecule has 17 heavy (non-hydrogen) atoms. The number of carbonyl (C=O) groups is 1. The van der Waals surface area contributed by atoms with Gasteiger partial charge in [-0.3, -0.25) is 9.69 Å². The molecule has 0 saturated carbocycles. The molecule has 0 amide bonds. The summed E-state index contributed by atoms with van der Waals surface area (Å²) in [4.78, 5) is 12.7. The van der Waals surface area contributed by atoms with Crippen LogP contribution in [0.3, 0.4) is 0 Å². The van der Waals surface area contributed by atoms with Gasteiger partial charge in [0.25, 0.3) is 0 Å². The zero-order valence-corrected chi connectivity index (χ0v) is 10.4. The van der Waals surface area contributed by atoms with Gasteiger partial charge in [0.1, 0.15) is 5.82 Å². The zero-order valence-electron chi connectivity index (χ0n) is 10.4. The van der Waals surface area contributed by atoms with E-state index in [-0.39, 0.29) is 11.9 Å². The van der Waals surface area contributed by atoms with E-state index in [1.165, 1.54) is 12.1 Å². The maximum atomic E-state index is 12.8. The van der Waals surface area contributed by atoms with Crippen LogP contribution in [0.25, 0.3) is 0 Å². The summed E-state index contributed by atoms with van der Waals surface area (Å²) in [5.74, 6) is -1.48. The molecule has 0 saturated heterocycles. The minimum Gasteiger partial charge on any atom is -0.481 e. The normalized spacial score (nSPS) is 14.6. The second-order valence-corrected chi connectivity index (χ2v) is 4.41. The van der Waals surface area contributed by atoms with Crippen molar-refractivity contribution in [3.63, 3.8) is 0 Å². The van der Waals surface area contributed by atoms with Crippen LogP contribution in [-0.2, 0) is 4.79 Å². The Kier molecular flexibility index (Phi) is 4.63. The highest BCUT2D eigenvalue weighted by molar-refractivity contribution is 5.69. The van der Waals surface area contributed by atoms with Gasteiger partial charge in [0.2, 0.25) is 0 Å². The highest BCUT2D eigenvalue weighted by Crippen LogP contribution is 2.19. The molecule has 0 radical (unpaired) electrons. The van der Waals surface area contributed by atoms with Crippen LogP contribution in [-0.4, -0.2) is 29.6 Å². The Bertz CT molecular complexity index is 378. The van der Waals surface area contributed by atoms with Crippen LogP contribution in [0.1, 0.15) is 25.5 Å². The lowest BCUT2D eigenvalue weighted by atomic mass is 10.1. The van der Waals surface area contributed by atoms with E-state index < -0.39 is 11.9 Å². The highest BCUT2D eigenvalue weighted by Gasteiger charge is 2.18. The van der Waals surface area contributed by atoms with Gasteiger partial charge in [-0.15, -0.1) is 0 Å². The van der Waals surface area contributed by atoms with Gasteiger partial charge >= 0.3 is 5.97 Å². The van der Waals surface area contributed by atoms with Crippen LogP contribution >= 0.6 is 0 Å². The number of carboxylic acids is 1. The molecule has 0 aliphatic carbocycles. The van der Waals surface area contributed by atoms with Crippen molar-refractivity contribution in [3.8, 4) is 0 Å². The van der Waals surface area contributed by atoms with Crippen molar-refractivity contribution in [3.05, 3.63) is 35.6 Å². The van der Waals surface area contributed by atoms with E-state index in [9.17, 15) is 9.18 Å². The second kappa shape index (κ2) is 5.77. The van der Waals surface area contributed by atoms with Crippen LogP contribution in [0.2, 0.25) is 0 Å². The fourth-order valence-corrected chi connectivity index (χ4v) is 1.66. The summed E-state index contributed by atoms with van der Waals surface area (Å²) in [7, 11) is 1.87. The van der Waals surface area contributed by atoms with Gasteiger partial charge in [0.05, 0.1) is 5.92 Å². The van der Waals surface area contributed by atoms with E-state index in [0.717, 1.165) is 5.56 Å². The number of nitrogens with zero attached hydrogens (tertiary/aromatic N) is 1. The summed E-state index contributed by atoms with van der Waals surface area (Å²) in [5.41, 5.74) is 0.978. The third-order valence-electron chi connectivity index (χ3n) is 3.00. The maximum Gasteiger partial charge on any atom is 0.307 e. The molecule has 0 heterocycles. The fourth-order valence-electron chi connectivity index (χ4n) is 1.66. The van der Waals surface area contributed by atoms with Crippen LogP contribution < -0.4 is 0 Å². The Morgan fingerprint density at radius 1 is 1.35 bits per heavy atom. The Morgan fingerprint density at radius 2 is 1.88 bits per heavy atom. The first-order valence-electron chi connectivity index (χ1n) is 5.60. The van der Waals surface area contributed by atoms with Gasteiger partial charge in [-0.25, -0.2) is 4.39 Å². The monoisotopic (exact) mass is 239 g/mol.